The first kappa shape index (κ1) is 17.7. The predicted molar refractivity (Wildman–Crippen MR) is 86.3 cm³/mol. The van der Waals surface area contributed by atoms with Gasteiger partial charge in [0.05, 0.1) is 5.56 Å². The average Bonchev–Trinajstić information content (AvgIpc) is 2.39. The highest BCUT2D eigenvalue weighted by Gasteiger charge is 2.15. The number of halogens is 1. The van der Waals surface area contributed by atoms with Crippen LogP contribution in [0.15, 0.2) is 22.7 Å². The van der Waals surface area contributed by atoms with Crippen molar-refractivity contribution in [1.29, 1.82) is 0 Å². The van der Waals surface area contributed by atoms with E-state index >= 15 is 0 Å². The monoisotopic (exact) mass is 356 g/mol. The molecule has 1 unspecified atom stereocenters. The average molecular weight is 357 g/mol. The number of hydrogen-bond donors (Lipinski definition) is 3. The summed E-state index contributed by atoms with van der Waals surface area (Å²) in [6, 6.07) is 4.70. The van der Waals surface area contributed by atoms with Crippen molar-refractivity contribution in [2.24, 2.45) is 17.6 Å². The minimum absolute atomic E-state index is 0.116. The van der Waals surface area contributed by atoms with Crippen molar-refractivity contribution in [1.82, 2.24) is 0 Å². The number of aromatic carboxylic acids is 1. The lowest BCUT2D eigenvalue weighted by molar-refractivity contribution is -0.117. The maximum absolute atomic E-state index is 12.0. The molecule has 0 fully saturated rings. The molecule has 0 heterocycles. The highest BCUT2D eigenvalue weighted by atomic mass is 79.9. The number of amides is 1. The first-order valence-electron chi connectivity index (χ1n) is 6.86. The van der Waals surface area contributed by atoms with Gasteiger partial charge in [0.25, 0.3) is 0 Å². The molecular formula is C15H21BrN2O3. The molecular weight excluding hydrogens is 336 g/mol. The lowest BCUT2D eigenvalue weighted by atomic mass is 9.94. The Morgan fingerprint density at radius 3 is 2.57 bits per heavy atom. The fourth-order valence-corrected chi connectivity index (χ4v) is 2.59. The summed E-state index contributed by atoms with van der Waals surface area (Å²) in [6.07, 6.45) is 1.23. The number of nitrogens with two attached hydrogens (primary N) is 1. The van der Waals surface area contributed by atoms with E-state index in [1.807, 2.05) is 0 Å². The van der Waals surface area contributed by atoms with E-state index in [0.717, 1.165) is 6.42 Å². The summed E-state index contributed by atoms with van der Waals surface area (Å²) in [5, 5.41) is 11.8. The SMILES string of the molecule is CC(C)CC(CN)CC(=O)Nc1ccc(Br)c(C(=O)O)c1. The largest absolute Gasteiger partial charge is 0.478 e. The van der Waals surface area contributed by atoms with E-state index in [-0.39, 0.29) is 17.4 Å². The lowest BCUT2D eigenvalue weighted by Crippen LogP contribution is -2.23. The van der Waals surface area contributed by atoms with Gasteiger partial charge >= 0.3 is 5.97 Å². The summed E-state index contributed by atoms with van der Waals surface area (Å²) >= 11 is 3.17. The Labute approximate surface area is 133 Å². The van der Waals surface area contributed by atoms with Crippen molar-refractivity contribution in [2.75, 3.05) is 11.9 Å². The first-order chi connectivity index (χ1) is 9.83. The number of rotatable bonds is 7. The fourth-order valence-electron chi connectivity index (χ4n) is 2.17. The van der Waals surface area contributed by atoms with Gasteiger partial charge in [-0.2, -0.15) is 0 Å². The Morgan fingerprint density at radius 1 is 1.38 bits per heavy atom. The highest BCUT2D eigenvalue weighted by molar-refractivity contribution is 9.10. The normalized spacial score (nSPS) is 12.2. The Kier molecular flexibility index (Phi) is 6.84. The van der Waals surface area contributed by atoms with E-state index in [9.17, 15) is 9.59 Å². The molecule has 0 saturated carbocycles. The van der Waals surface area contributed by atoms with Crippen LogP contribution >= 0.6 is 15.9 Å². The predicted octanol–water partition coefficient (Wildman–Crippen LogP) is 3.10. The molecule has 0 aliphatic rings. The maximum atomic E-state index is 12.0. The molecule has 1 atom stereocenters. The molecule has 1 aromatic carbocycles. The second-order valence-electron chi connectivity index (χ2n) is 5.48. The Balaban J connectivity index is 2.70. The second-order valence-corrected chi connectivity index (χ2v) is 6.34. The number of anilines is 1. The van der Waals surface area contributed by atoms with Gasteiger partial charge in [-0.1, -0.05) is 13.8 Å². The summed E-state index contributed by atoms with van der Waals surface area (Å²) in [4.78, 5) is 23.0. The molecule has 4 N–H and O–H groups in total. The van der Waals surface area contributed by atoms with Crippen LogP contribution in [0.3, 0.4) is 0 Å². The molecule has 1 amide bonds. The van der Waals surface area contributed by atoms with Crippen LogP contribution in [0.5, 0.6) is 0 Å². The molecule has 0 bridgehead atoms. The molecule has 1 aromatic rings. The van der Waals surface area contributed by atoms with Gasteiger partial charge in [0.2, 0.25) is 5.91 Å². The van der Waals surface area contributed by atoms with E-state index in [2.05, 4.69) is 35.1 Å². The van der Waals surface area contributed by atoms with Crippen LogP contribution in [0, 0.1) is 11.8 Å². The summed E-state index contributed by atoms with van der Waals surface area (Å²) in [5.41, 5.74) is 6.27. The van der Waals surface area contributed by atoms with Gasteiger partial charge in [0, 0.05) is 16.6 Å². The number of carboxylic acid groups (broad SMARTS) is 1. The molecule has 0 aromatic heterocycles. The molecule has 0 radical (unpaired) electrons. The third-order valence-corrected chi connectivity index (χ3v) is 3.78. The van der Waals surface area contributed by atoms with Crippen LogP contribution in [0.4, 0.5) is 5.69 Å². The van der Waals surface area contributed by atoms with E-state index in [1.54, 1.807) is 12.1 Å². The molecule has 1 rings (SSSR count). The maximum Gasteiger partial charge on any atom is 0.336 e. The third kappa shape index (κ3) is 5.85. The van der Waals surface area contributed by atoms with Crippen molar-refractivity contribution < 1.29 is 14.7 Å². The molecule has 0 aliphatic carbocycles. The topological polar surface area (TPSA) is 92.4 Å². The number of nitrogens with one attached hydrogen (secondary N) is 1. The molecule has 0 spiro atoms. The molecule has 116 valence electrons. The van der Waals surface area contributed by atoms with Crippen molar-refractivity contribution in [3.8, 4) is 0 Å². The van der Waals surface area contributed by atoms with Gasteiger partial charge < -0.3 is 16.2 Å². The summed E-state index contributed by atoms with van der Waals surface area (Å²) < 4.78 is 0.479. The number of benzene rings is 1. The molecule has 6 heteroatoms. The van der Waals surface area contributed by atoms with Crippen LogP contribution < -0.4 is 11.1 Å². The Morgan fingerprint density at radius 2 is 2.05 bits per heavy atom. The first-order valence-corrected chi connectivity index (χ1v) is 7.65. The van der Waals surface area contributed by atoms with E-state index < -0.39 is 5.97 Å². The second kappa shape index (κ2) is 8.14. The number of hydrogen-bond acceptors (Lipinski definition) is 3. The minimum Gasteiger partial charge on any atom is -0.478 e. The molecule has 0 saturated heterocycles. The van der Waals surface area contributed by atoms with Gasteiger partial charge in [0.1, 0.15) is 0 Å². The zero-order valence-corrected chi connectivity index (χ0v) is 13.8. The van der Waals surface area contributed by atoms with E-state index in [1.165, 1.54) is 6.07 Å². The van der Waals surface area contributed by atoms with Gasteiger partial charge in [0.15, 0.2) is 0 Å². The van der Waals surface area contributed by atoms with E-state index in [0.29, 0.717) is 29.0 Å². The van der Waals surface area contributed by atoms with Crippen LogP contribution in [-0.2, 0) is 4.79 Å². The van der Waals surface area contributed by atoms with Crippen LogP contribution in [0.2, 0.25) is 0 Å². The Hall–Kier alpha value is -1.40. The van der Waals surface area contributed by atoms with Crippen molar-refractivity contribution in [2.45, 2.75) is 26.7 Å². The standard InChI is InChI=1S/C15H21BrN2O3/c1-9(2)5-10(8-17)6-14(19)18-11-3-4-13(16)12(7-11)15(20)21/h3-4,7,9-10H,5-6,8,17H2,1-2H3,(H,18,19)(H,20,21). The highest BCUT2D eigenvalue weighted by Crippen LogP contribution is 2.22. The summed E-state index contributed by atoms with van der Waals surface area (Å²) in [5.74, 6) is -0.570. The van der Waals surface area contributed by atoms with Crippen molar-refractivity contribution in [3.63, 3.8) is 0 Å². The number of carbonyl (C=O) groups excluding carboxylic acids is 1. The zero-order valence-electron chi connectivity index (χ0n) is 12.2. The van der Waals surface area contributed by atoms with Crippen molar-refractivity contribution in [3.05, 3.63) is 28.2 Å². The third-order valence-electron chi connectivity index (χ3n) is 3.09. The van der Waals surface area contributed by atoms with Crippen molar-refractivity contribution >= 4 is 33.5 Å². The molecule has 21 heavy (non-hydrogen) atoms. The number of carbonyl (C=O) groups is 2. The van der Waals surface area contributed by atoms with Gasteiger partial charge in [-0.3, -0.25) is 4.79 Å². The fraction of sp³-hybridized carbons (Fsp3) is 0.467. The van der Waals surface area contributed by atoms with Crippen LogP contribution in [-0.4, -0.2) is 23.5 Å². The molecule has 0 aliphatic heterocycles. The Bertz CT molecular complexity index is 518. The number of carboxylic acids is 1. The lowest BCUT2D eigenvalue weighted by Gasteiger charge is -2.16. The quantitative estimate of drug-likeness (QED) is 0.699. The molecule has 5 nitrogen and oxygen atoms in total. The van der Waals surface area contributed by atoms with Crippen LogP contribution in [0.1, 0.15) is 37.0 Å². The zero-order chi connectivity index (χ0) is 16.0. The van der Waals surface area contributed by atoms with E-state index in [4.69, 9.17) is 10.8 Å². The van der Waals surface area contributed by atoms with Gasteiger partial charge in [-0.15, -0.1) is 0 Å². The van der Waals surface area contributed by atoms with Gasteiger partial charge in [-0.05, 0) is 58.9 Å². The van der Waals surface area contributed by atoms with Crippen LogP contribution in [0.25, 0.3) is 0 Å². The summed E-state index contributed by atoms with van der Waals surface area (Å²) in [6.45, 7) is 4.65. The summed E-state index contributed by atoms with van der Waals surface area (Å²) in [7, 11) is 0. The minimum atomic E-state index is -1.04. The van der Waals surface area contributed by atoms with Gasteiger partial charge in [-0.25, -0.2) is 4.79 Å². The smallest absolute Gasteiger partial charge is 0.336 e.